The SMILES string of the molecule is CCC1OCCC1C(=O)N(CCO)CCO. The third-order valence-electron chi connectivity index (χ3n) is 2.98. The molecule has 0 aromatic carbocycles. The van der Waals surface area contributed by atoms with Gasteiger partial charge in [0.2, 0.25) is 5.91 Å². The third kappa shape index (κ3) is 3.17. The Bertz CT molecular complexity index is 216. The average Bonchev–Trinajstić information content (AvgIpc) is 2.75. The van der Waals surface area contributed by atoms with Crippen LogP contribution in [-0.4, -0.2) is 60.0 Å². The molecular formula is C11H21NO4. The smallest absolute Gasteiger partial charge is 0.228 e. The first-order valence-electron chi connectivity index (χ1n) is 5.86. The summed E-state index contributed by atoms with van der Waals surface area (Å²) in [5.74, 6) is -0.115. The van der Waals surface area contributed by atoms with Crippen molar-refractivity contribution in [1.29, 1.82) is 0 Å². The van der Waals surface area contributed by atoms with Gasteiger partial charge in [0.05, 0.1) is 25.2 Å². The normalized spacial score (nSPS) is 24.7. The molecule has 2 atom stereocenters. The second kappa shape index (κ2) is 6.83. The zero-order chi connectivity index (χ0) is 12.0. The predicted molar refractivity (Wildman–Crippen MR) is 58.9 cm³/mol. The van der Waals surface area contributed by atoms with Crippen LogP contribution in [0.1, 0.15) is 19.8 Å². The summed E-state index contributed by atoms with van der Waals surface area (Å²) >= 11 is 0. The summed E-state index contributed by atoms with van der Waals surface area (Å²) in [5, 5.41) is 17.7. The number of rotatable bonds is 6. The summed E-state index contributed by atoms with van der Waals surface area (Å²) in [6, 6.07) is 0. The van der Waals surface area contributed by atoms with Crippen molar-refractivity contribution in [3.8, 4) is 0 Å². The minimum absolute atomic E-state index is 0.00699. The van der Waals surface area contributed by atoms with E-state index >= 15 is 0 Å². The van der Waals surface area contributed by atoms with Gasteiger partial charge in [-0.05, 0) is 12.8 Å². The molecule has 5 heteroatoms. The summed E-state index contributed by atoms with van der Waals surface area (Å²) < 4.78 is 5.47. The summed E-state index contributed by atoms with van der Waals surface area (Å²) in [6.45, 7) is 3.05. The van der Waals surface area contributed by atoms with Crippen LogP contribution in [0.4, 0.5) is 0 Å². The van der Waals surface area contributed by atoms with Gasteiger partial charge in [-0.2, -0.15) is 0 Å². The molecule has 0 bridgehead atoms. The number of aliphatic hydroxyl groups is 2. The Balaban J connectivity index is 2.58. The zero-order valence-electron chi connectivity index (χ0n) is 9.76. The van der Waals surface area contributed by atoms with Crippen LogP contribution in [0.2, 0.25) is 0 Å². The van der Waals surface area contributed by atoms with Crippen molar-refractivity contribution in [3.05, 3.63) is 0 Å². The van der Waals surface area contributed by atoms with Crippen LogP contribution < -0.4 is 0 Å². The molecule has 0 spiro atoms. The van der Waals surface area contributed by atoms with E-state index in [0.29, 0.717) is 6.61 Å². The Morgan fingerprint density at radius 1 is 1.38 bits per heavy atom. The van der Waals surface area contributed by atoms with Gasteiger partial charge < -0.3 is 19.8 Å². The Hall–Kier alpha value is -0.650. The highest BCUT2D eigenvalue weighted by Gasteiger charge is 2.35. The second-order valence-corrected chi connectivity index (χ2v) is 3.99. The molecule has 94 valence electrons. The predicted octanol–water partition coefficient (Wildman–Crippen LogP) is -0.385. The standard InChI is InChI=1S/C11H21NO4/c1-2-10-9(3-8-16-10)11(15)12(4-6-13)5-7-14/h9-10,13-14H,2-8H2,1H3. The van der Waals surface area contributed by atoms with Gasteiger partial charge in [-0.15, -0.1) is 0 Å². The molecule has 5 nitrogen and oxygen atoms in total. The highest BCUT2D eigenvalue weighted by Crippen LogP contribution is 2.25. The first-order valence-corrected chi connectivity index (χ1v) is 5.86. The zero-order valence-corrected chi connectivity index (χ0v) is 9.76. The molecule has 1 saturated heterocycles. The van der Waals surface area contributed by atoms with Crippen molar-refractivity contribution in [2.45, 2.75) is 25.9 Å². The monoisotopic (exact) mass is 231 g/mol. The molecule has 0 saturated carbocycles. The van der Waals surface area contributed by atoms with Crippen LogP contribution in [-0.2, 0) is 9.53 Å². The lowest BCUT2D eigenvalue weighted by Crippen LogP contribution is -2.42. The number of nitrogens with zero attached hydrogens (tertiary/aromatic N) is 1. The fourth-order valence-electron chi connectivity index (χ4n) is 2.14. The molecule has 16 heavy (non-hydrogen) atoms. The molecule has 1 heterocycles. The summed E-state index contributed by atoms with van der Waals surface area (Å²) in [4.78, 5) is 13.6. The van der Waals surface area contributed by atoms with Crippen LogP contribution in [0.15, 0.2) is 0 Å². The van der Waals surface area contributed by atoms with Gasteiger partial charge in [0.25, 0.3) is 0 Å². The lowest BCUT2D eigenvalue weighted by Gasteiger charge is -2.26. The minimum atomic E-state index is -0.108. The van der Waals surface area contributed by atoms with E-state index in [1.54, 1.807) is 0 Å². The van der Waals surface area contributed by atoms with Gasteiger partial charge in [0.15, 0.2) is 0 Å². The van der Waals surface area contributed by atoms with E-state index in [1.807, 2.05) is 6.92 Å². The van der Waals surface area contributed by atoms with E-state index in [-0.39, 0.29) is 44.2 Å². The van der Waals surface area contributed by atoms with Crippen LogP contribution >= 0.6 is 0 Å². The number of carbonyl (C=O) groups excluding carboxylic acids is 1. The molecular weight excluding hydrogens is 210 g/mol. The quantitative estimate of drug-likeness (QED) is 0.653. The number of aliphatic hydroxyl groups excluding tert-OH is 2. The van der Waals surface area contributed by atoms with E-state index in [4.69, 9.17) is 14.9 Å². The third-order valence-corrected chi connectivity index (χ3v) is 2.98. The van der Waals surface area contributed by atoms with Crippen molar-refractivity contribution in [1.82, 2.24) is 4.90 Å². The molecule has 0 aromatic rings. The molecule has 1 aliphatic heterocycles. The maximum Gasteiger partial charge on any atom is 0.228 e. The topological polar surface area (TPSA) is 70.0 Å². The lowest BCUT2D eigenvalue weighted by molar-refractivity contribution is -0.138. The summed E-state index contributed by atoms with van der Waals surface area (Å²) in [7, 11) is 0. The van der Waals surface area contributed by atoms with Gasteiger partial charge >= 0.3 is 0 Å². The largest absolute Gasteiger partial charge is 0.395 e. The molecule has 1 rings (SSSR count). The highest BCUT2D eigenvalue weighted by molar-refractivity contribution is 5.79. The van der Waals surface area contributed by atoms with Crippen LogP contribution in [0.5, 0.6) is 0 Å². The van der Waals surface area contributed by atoms with Gasteiger partial charge in [0, 0.05) is 19.7 Å². The maximum atomic E-state index is 12.1. The number of carbonyl (C=O) groups is 1. The van der Waals surface area contributed by atoms with Crippen molar-refractivity contribution in [3.63, 3.8) is 0 Å². The molecule has 0 radical (unpaired) electrons. The maximum absolute atomic E-state index is 12.1. The summed E-state index contributed by atoms with van der Waals surface area (Å²) in [5.41, 5.74) is 0. The van der Waals surface area contributed by atoms with E-state index in [2.05, 4.69) is 0 Å². The number of amides is 1. The van der Waals surface area contributed by atoms with E-state index in [1.165, 1.54) is 4.90 Å². The van der Waals surface area contributed by atoms with Crippen molar-refractivity contribution in [2.24, 2.45) is 5.92 Å². The highest BCUT2D eigenvalue weighted by atomic mass is 16.5. The van der Waals surface area contributed by atoms with E-state index in [9.17, 15) is 4.79 Å². The average molecular weight is 231 g/mol. The van der Waals surface area contributed by atoms with Gasteiger partial charge in [0.1, 0.15) is 0 Å². The molecule has 0 aromatic heterocycles. The fourth-order valence-corrected chi connectivity index (χ4v) is 2.14. The molecule has 1 amide bonds. The molecule has 1 aliphatic rings. The van der Waals surface area contributed by atoms with Gasteiger partial charge in [-0.3, -0.25) is 4.79 Å². The van der Waals surface area contributed by atoms with E-state index < -0.39 is 0 Å². The fraction of sp³-hybridized carbons (Fsp3) is 0.909. The number of ether oxygens (including phenoxy) is 1. The van der Waals surface area contributed by atoms with Crippen molar-refractivity contribution in [2.75, 3.05) is 32.9 Å². The molecule has 1 fully saturated rings. The Morgan fingerprint density at radius 2 is 2.00 bits per heavy atom. The Kier molecular flexibility index (Phi) is 5.73. The first-order chi connectivity index (χ1) is 7.74. The first kappa shape index (κ1) is 13.4. The lowest BCUT2D eigenvalue weighted by atomic mass is 9.98. The second-order valence-electron chi connectivity index (χ2n) is 3.99. The number of hydrogen-bond donors (Lipinski definition) is 2. The molecule has 2 unspecified atom stereocenters. The van der Waals surface area contributed by atoms with Crippen LogP contribution in [0.3, 0.4) is 0 Å². The van der Waals surface area contributed by atoms with Crippen molar-refractivity contribution >= 4 is 5.91 Å². The van der Waals surface area contributed by atoms with Crippen molar-refractivity contribution < 1.29 is 19.7 Å². The number of hydrogen-bond acceptors (Lipinski definition) is 4. The Labute approximate surface area is 96.0 Å². The molecule has 2 N–H and O–H groups in total. The minimum Gasteiger partial charge on any atom is -0.395 e. The van der Waals surface area contributed by atoms with E-state index in [0.717, 1.165) is 12.8 Å². The van der Waals surface area contributed by atoms with Crippen LogP contribution in [0, 0.1) is 5.92 Å². The Morgan fingerprint density at radius 3 is 2.50 bits per heavy atom. The molecule has 0 aliphatic carbocycles. The van der Waals surface area contributed by atoms with Gasteiger partial charge in [-0.25, -0.2) is 0 Å². The van der Waals surface area contributed by atoms with Crippen LogP contribution in [0.25, 0.3) is 0 Å². The van der Waals surface area contributed by atoms with Gasteiger partial charge in [-0.1, -0.05) is 6.92 Å². The summed E-state index contributed by atoms with van der Waals surface area (Å²) in [6.07, 6.45) is 1.56.